The van der Waals surface area contributed by atoms with Gasteiger partial charge in [0.15, 0.2) is 0 Å². The van der Waals surface area contributed by atoms with Crippen LogP contribution in [0, 0.1) is 6.92 Å². The Labute approximate surface area is 166 Å². The normalized spacial score (nSPS) is 15.3. The molecule has 1 N–H and O–H groups in total. The number of carbonyl (C=O) groups excluding carboxylic acids is 2. The Hall–Kier alpha value is -2.63. The van der Waals surface area contributed by atoms with Gasteiger partial charge in [0, 0.05) is 31.1 Å². The molecule has 8 nitrogen and oxygen atoms in total. The summed E-state index contributed by atoms with van der Waals surface area (Å²) in [5.74, 6) is -1.45. The van der Waals surface area contributed by atoms with Crippen molar-refractivity contribution in [3.63, 3.8) is 0 Å². The Morgan fingerprint density at radius 2 is 1.83 bits per heavy atom. The van der Waals surface area contributed by atoms with Crippen LogP contribution in [-0.2, 0) is 29.2 Å². The number of aryl methyl sites for hydroxylation is 2. The van der Waals surface area contributed by atoms with Gasteiger partial charge in [-0.1, -0.05) is 0 Å². The van der Waals surface area contributed by atoms with Crippen molar-refractivity contribution < 1.29 is 22.8 Å². The summed E-state index contributed by atoms with van der Waals surface area (Å²) in [5, 5.41) is 2.60. The van der Waals surface area contributed by atoms with E-state index in [0.29, 0.717) is 10.4 Å². The maximum absolute atomic E-state index is 12.8. The number of nitrogens with one attached hydrogen (secondary N) is 1. The van der Waals surface area contributed by atoms with Gasteiger partial charge >= 0.3 is 23.7 Å². The molecule has 29 heavy (non-hydrogen) atoms. The summed E-state index contributed by atoms with van der Waals surface area (Å²) in [5.41, 5.74) is -0.870. The van der Waals surface area contributed by atoms with E-state index in [1.54, 1.807) is 13.8 Å². The number of hydrogen-bond donors (Lipinski definition) is 1. The summed E-state index contributed by atoms with van der Waals surface area (Å²) < 4.78 is 40.1. The maximum Gasteiger partial charge on any atom is 0.390 e. The average molecular weight is 432 g/mol. The van der Waals surface area contributed by atoms with E-state index in [-0.39, 0.29) is 36.4 Å². The van der Waals surface area contributed by atoms with Gasteiger partial charge in [0.25, 0.3) is 5.56 Å². The van der Waals surface area contributed by atoms with E-state index in [1.807, 2.05) is 0 Å². The van der Waals surface area contributed by atoms with E-state index in [9.17, 15) is 32.3 Å². The number of piperazine rings is 1. The fourth-order valence-corrected chi connectivity index (χ4v) is 4.59. The highest BCUT2D eigenvalue weighted by Crippen LogP contribution is 2.30. The first-order valence-electron chi connectivity index (χ1n) is 8.94. The van der Waals surface area contributed by atoms with Crippen molar-refractivity contribution in [2.45, 2.75) is 46.1 Å². The van der Waals surface area contributed by atoms with Crippen molar-refractivity contribution in [1.82, 2.24) is 19.4 Å². The molecule has 3 rings (SSSR count). The third-order valence-corrected chi connectivity index (χ3v) is 6.11. The Morgan fingerprint density at radius 3 is 2.45 bits per heavy atom. The molecule has 0 unspecified atom stereocenters. The first-order chi connectivity index (χ1) is 13.5. The summed E-state index contributed by atoms with van der Waals surface area (Å²) in [7, 11) is 0. The quantitative estimate of drug-likeness (QED) is 0.713. The largest absolute Gasteiger partial charge is 0.390 e. The highest BCUT2D eigenvalue weighted by Gasteiger charge is 2.30. The van der Waals surface area contributed by atoms with Crippen LogP contribution in [0.3, 0.4) is 0 Å². The number of fused-ring (bicyclic) bond motifs is 1. The summed E-state index contributed by atoms with van der Waals surface area (Å²) in [6, 6.07) is 0. The Balaban J connectivity index is 2.13. The average Bonchev–Trinajstić information content (AvgIpc) is 2.95. The molecule has 1 saturated heterocycles. The zero-order chi connectivity index (χ0) is 21.5. The summed E-state index contributed by atoms with van der Waals surface area (Å²) in [4.78, 5) is 51.0. The second kappa shape index (κ2) is 7.65. The molecule has 0 bridgehead atoms. The lowest BCUT2D eigenvalue weighted by Crippen LogP contribution is -2.51. The van der Waals surface area contributed by atoms with Gasteiger partial charge in [-0.3, -0.25) is 23.5 Å². The monoisotopic (exact) mass is 432 g/mol. The van der Waals surface area contributed by atoms with Gasteiger partial charge in [0.05, 0.1) is 18.4 Å². The van der Waals surface area contributed by atoms with Gasteiger partial charge < -0.3 is 10.2 Å². The van der Waals surface area contributed by atoms with Crippen LogP contribution in [0.15, 0.2) is 9.59 Å². The van der Waals surface area contributed by atoms with Crippen LogP contribution < -0.4 is 16.6 Å². The van der Waals surface area contributed by atoms with E-state index < -0.39 is 42.2 Å². The minimum atomic E-state index is -4.46. The predicted molar refractivity (Wildman–Crippen MR) is 99.9 cm³/mol. The lowest BCUT2D eigenvalue weighted by molar-refractivity contribution is -0.148. The lowest BCUT2D eigenvalue weighted by atomic mass is 10.2. The van der Waals surface area contributed by atoms with Crippen molar-refractivity contribution in [1.29, 1.82) is 0 Å². The minimum absolute atomic E-state index is 0.0228. The molecular formula is C17H19F3N4O4S. The molecule has 12 heteroatoms. The molecule has 0 aromatic carbocycles. The van der Waals surface area contributed by atoms with Gasteiger partial charge in [-0.2, -0.15) is 13.2 Å². The molecule has 3 heterocycles. The number of nitrogens with zero attached hydrogens (tertiary/aromatic N) is 3. The van der Waals surface area contributed by atoms with Crippen LogP contribution in [0.1, 0.15) is 23.8 Å². The zero-order valence-electron chi connectivity index (χ0n) is 15.8. The van der Waals surface area contributed by atoms with Crippen molar-refractivity contribution >= 4 is 33.4 Å². The first kappa shape index (κ1) is 21.1. The van der Waals surface area contributed by atoms with E-state index in [1.165, 1.54) is 4.90 Å². The Kier molecular flexibility index (Phi) is 5.57. The second-order valence-corrected chi connectivity index (χ2v) is 7.75. The number of carbonyl (C=O) groups is 2. The van der Waals surface area contributed by atoms with E-state index in [0.717, 1.165) is 20.5 Å². The lowest BCUT2D eigenvalue weighted by Gasteiger charge is -2.26. The molecule has 0 aliphatic carbocycles. The zero-order valence-corrected chi connectivity index (χ0v) is 16.6. The fraction of sp³-hybridized carbons (Fsp3) is 0.529. The maximum atomic E-state index is 12.8. The van der Waals surface area contributed by atoms with E-state index >= 15 is 0 Å². The first-order valence-corrected chi connectivity index (χ1v) is 9.76. The number of halogens is 3. The highest BCUT2D eigenvalue weighted by molar-refractivity contribution is 7.18. The van der Waals surface area contributed by atoms with Gasteiger partial charge in [0.1, 0.15) is 4.83 Å². The van der Waals surface area contributed by atoms with Crippen LogP contribution in [0.4, 0.5) is 13.2 Å². The standard InChI is InChI=1S/C17H19F3N4O4S/c1-3-23-13(26)11-9(2)10(8-22-7-5-21-12(25)14(22)27)29-15(11)24(16(23)28)6-4-17(18,19)20/h3-8H2,1-2H3,(H,21,25). The van der Waals surface area contributed by atoms with Crippen molar-refractivity contribution in [3.05, 3.63) is 31.3 Å². The molecular weight excluding hydrogens is 413 g/mol. The molecule has 1 aliphatic rings. The van der Waals surface area contributed by atoms with Crippen molar-refractivity contribution in [3.8, 4) is 0 Å². The van der Waals surface area contributed by atoms with Gasteiger partial charge in [0.2, 0.25) is 0 Å². The molecule has 0 saturated carbocycles. The molecule has 0 spiro atoms. The van der Waals surface area contributed by atoms with Crippen LogP contribution in [0.2, 0.25) is 0 Å². The van der Waals surface area contributed by atoms with Gasteiger partial charge in [-0.05, 0) is 19.4 Å². The second-order valence-electron chi connectivity index (χ2n) is 6.66. The fourth-order valence-electron chi connectivity index (χ4n) is 3.26. The van der Waals surface area contributed by atoms with E-state index in [4.69, 9.17) is 0 Å². The summed E-state index contributed by atoms with van der Waals surface area (Å²) >= 11 is 1.00. The predicted octanol–water partition coefficient (Wildman–Crippen LogP) is 0.964. The molecule has 2 amide bonds. The molecule has 0 radical (unpaired) electrons. The summed E-state index contributed by atoms with van der Waals surface area (Å²) in [6.07, 6.45) is -5.66. The van der Waals surface area contributed by atoms with Crippen LogP contribution in [-0.4, -0.2) is 45.1 Å². The summed E-state index contributed by atoms with van der Waals surface area (Å²) in [6.45, 7) is 3.21. The van der Waals surface area contributed by atoms with Crippen LogP contribution >= 0.6 is 11.3 Å². The molecule has 2 aromatic rings. The molecule has 1 aliphatic heterocycles. The number of hydrogen-bond acceptors (Lipinski definition) is 5. The van der Waals surface area contributed by atoms with Crippen LogP contribution in [0.25, 0.3) is 10.2 Å². The molecule has 158 valence electrons. The molecule has 1 fully saturated rings. The van der Waals surface area contributed by atoms with Gasteiger partial charge in [-0.25, -0.2) is 4.79 Å². The number of amides is 2. The number of alkyl halides is 3. The third-order valence-electron chi connectivity index (χ3n) is 4.81. The van der Waals surface area contributed by atoms with Crippen LogP contribution in [0.5, 0.6) is 0 Å². The Morgan fingerprint density at radius 1 is 1.14 bits per heavy atom. The third kappa shape index (κ3) is 3.93. The number of thiophene rings is 1. The topological polar surface area (TPSA) is 93.4 Å². The molecule has 2 aromatic heterocycles. The van der Waals surface area contributed by atoms with Gasteiger partial charge in [-0.15, -0.1) is 11.3 Å². The van der Waals surface area contributed by atoms with Crippen molar-refractivity contribution in [2.24, 2.45) is 0 Å². The van der Waals surface area contributed by atoms with E-state index in [2.05, 4.69) is 5.32 Å². The SMILES string of the molecule is CCn1c(=O)c2c(C)c(CN3CCNC(=O)C3=O)sc2n(CCC(F)(F)F)c1=O. The Bertz CT molecular complexity index is 1100. The van der Waals surface area contributed by atoms with Crippen molar-refractivity contribution in [2.75, 3.05) is 13.1 Å². The number of aromatic nitrogens is 2. The number of rotatable bonds is 5. The minimum Gasteiger partial charge on any atom is -0.346 e. The molecule has 0 atom stereocenters. The highest BCUT2D eigenvalue weighted by atomic mass is 32.1. The smallest absolute Gasteiger partial charge is 0.346 e.